The minimum atomic E-state index is -7.45. The summed E-state index contributed by atoms with van der Waals surface area (Å²) >= 11 is 0. The van der Waals surface area contributed by atoms with Crippen LogP contribution in [0.2, 0.25) is 0 Å². The molecule has 0 aliphatic rings. The molecule has 0 spiro atoms. The molecule has 0 fully saturated rings. The summed E-state index contributed by atoms with van der Waals surface area (Å²) in [5.41, 5.74) is -2.72. The Hall–Kier alpha value is -1.79. The van der Waals surface area contributed by atoms with Crippen molar-refractivity contribution < 1.29 is 57.8 Å². The lowest BCUT2D eigenvalue weighted by molar-refractivity contribution is -0.424. The Morgan fingerprint density at radius 3 is 1.61 bits per heavy atom. The van der Waals surface area contributed by atoms with E-state index in [2.05, 4.69) is 0 Å². The van der Waals surface area contributed by atoms with Gasteiger partial charge in [0.15, 0.2) is 0 Å². The Morgan fingerprint density at radius 2 is 1.23 bits per heavy atom. The molecule has 1 unspecified atom stereocenters. The average molecular weight is 476 g/mol. The van der Waals surface area contributed by atoms with Gasteiger partial charge in [-0.2, -0.15) is 48.3 Å². The van der Waals surface area contributed by atoms with Crippen molar-refractivity contribution in [3.63, 3.8) is 0 Å². The van der Waals surface area contributed by atoms with Crippen LogP contribution in [-0.4, -0.2) is 43.6 Å². The maximum absolute atomic E-state index is 14.2. The molecule has 0 saturated heterocycles. The molecule has 0 aliphatic heterocycles. The van der Waals surface area contributed by atoms with Gasteiger partial charge in [-0.15, -0.1) is 0 Å². The van der Waals surface area contributed by atoms with E-state index < -0.39 is 41.9 Å². The maximum atomic E-state index is 14.2. The molecule has 1 rings (SSSR count). The summed E-state index contributed by atoms with van der Waals surface area (Å²) in [6.07, 6.45) is -8.91. The number of ether oxygens (including phenoxy) is 2. The first kappa shape index (κ1) is 27.2. The van der Waals surface area contributed by atoms with Crippen LogP contribution in [-0.2, 0) is 10.3 Å². The zero-order valence-electron chi connectivity index (χ0n) is 16.4. The van der Waals surface area contributed by atoms with Gasteiger partial charge >= 0.3 is 29.9 Å². The highest BCUT2D eigenvalue weighted by atomic mass is 19.4. The number of hydrogen-bond acceptors (Lipinski definition) is 2. The van der Waals surface area contributed by atoms with Crippen LogP contribution in [0.3, 0.4) is 0 Å². The molecular weight excluding hydrogens is 457 g/mol. The number of methoxy groups -OCH3 is 1. The lowest BCUT2D eigenvalue weighted by Gasteiger charge is -2.40. The Morgan fingerprint density at radius 1 is 0.742 bits per heavy atom. The van der Waals surface area contributed by atoms with Crippen LogP contribution in [0.5, 0.6) is 5.75 Å². The minimum absolute atomic E-state index is 0.248. The van der Waals surface area contributed by atoms with Gasteiger partial charge in [0.25, 0.3) is 0 Å². The van der Waals surface area contributed by atoms with Gasteiger partial charge in [-0.25, -0.2) is 0 Å². The standard InChI is InChI=1S/C18H19F11O2/c1-4-9-31-12-7-5-11(6-8-12)13(2,30-3)10-14(19,20)15(21,22)16(23,24)17(25,26)18(27,28)29/h5-8H,4,9-10H2,1-3H3. The Bertz CT molecular complexity index is 729. The number of hydrogen-bond donors (Lipinski definition) is 0. The number of benzene rings is 1. The molecule has 0 radical (unpaired) electrons. The lowest BCUT2D eigenvalue weighted by Crippen LogP contribution is -2.67. The van der Waals surface area contributed by atoms with Crippen molar-refractivity contribution in [2.24, 2.45) is 0 Å². The van der Waals surface area contributed by atoms with E-state index >= 15 is 0 Å². The molecule has 180 valence electrons. The maximum Gasteiger partial charge on any atom is 0.460 e. The highest BCUT2D eigenvalue weighted by molar-refractivity contribution is 5.31. The molecule has 1 aromatic rings. The SMILES string of the molecule is CCCOc1ccc(C(C)(CC(F)(F)C(F)(F)C(F)(F)C(F)(F)C(F)(F)F)OC)cc1. The van der Waals surface area contributed by atoms with Gasteiger partial charge in [-0.1, -0.05) is 19.1 Å². The van der Waals surface area contributed by atoms with Crippen molar-refractivity contribution >= 4 is 0 Å². The molecule has 0 N–H and O–H groups in total. The second kappa shape index (κ2) is 8.62. The Labute approximate surface area is 170 Å². The van der Waals surface area contributed by atoms with E-state index in [1.165, 1.54) is 12.1 Å². The Kier molecular flexibility index (Phi) is 7.58. The average Bonchev–Trinajstić information content (AvgIpc) is 2.64. The van der Waals surface area contributed by atoms with E-state index in [0.29, 0.717) is 6.42 Å². The predicted molar refractivity (Wildman–Crippen MR) is 87.0 cm³/mol. The van der Waals surface area contributed by atoms with Gasteiger partial charge in [0, 0.05) is 7.11 Å². The third-order valence-electron chi connectivity index (χ3n) is 4.55. The fraction of sp³-hybridized carbons (Fsp3) is 0.667. The summed E-state index contributed by atoms with van der Waals surface area (Å²) < 4.78 is 156. The van der Waals surface area contributed by atoms with Crippen molar-refractivity contribution in [3.05, 3.63) is 29.8 Å². The monoisotopic (exact) mass is 476 g/mol. The van der Waals surface area contributed by atoms with E-state index in [4.69, 9.17) is 9.47 Å². The van der Waals surface area contributed by atoms with Gasteiger partial charge in [-0.05, 0) is 31.0 Å². The molecule has 0 aromatic heterocycles. The number of rotatable bonds is 10. The highest BCUT2D eigenvalue weighted by Crippen LogP contribution is 2.59. The number of alkyl halides is 11. The van der Waals surface area contributed by atoms with Crippen LogP contribution in [0.4, 0.5) is 48.3 Å². The first-order valence-corrected chi connectivity index (χ1v) is 8.67. The molecule has 13 heteroatoms. The van der Waals surface area contributed by atoms with Gasteiger partial charge in [0.1, 0.15) is 5.75 Å². The van der Waals surface area contributed by atoms with E-state index in [0.717, 1.165) is 26.2 Å². The van der Waals surface area contributed by atoms with E-state index in [9.17, 15) is 48.3 Å². The van der Waals surface area contributed by atoms with Crippen molar-refractivity contribution in [1.82, 2.24) is 0 Å². The normalized spacial score (nSPS) is 16.2. The van der Waals surface area contributed by atoms with E-state index in [1.54, 1.807) is 6.92 Å². The molecule has 0 heterocycles. The highest BCUT2D eigenvalue weighted by Gasteiger charge is 2.87. The van der Waals surface area contributed by atoms with Gasteiger partial charge < -0.3 is 9.47 Å². The van der Waals surface area contributed by atoms with Gasteiger partial charge in [0.05, 0.1) is 18.6 Å². The third kappa shape index (κ3) is 4.85. The molecule has 31 heavy (non-hydrogen) atoms. The van der Waals surface area contributed by atoms with Crippen LogP contribution in [0.15, 0.2) is 24.3 Å². The first-order valence-electron chi connectivity index (χ1n) is 8.67. The van der Waals surface area contributed by atoms with Gasteiger partial charge in [-0.3, -0.25) is 0 Å². The van der Waals surface area contributed by atoms with Crippen LogP contribution in [0.1, 0.15) is 32.3 Å². The van der Waals surface area contributed by atoms with Crippen molar-refractivity contribution in [2.45, 2.75) is 62.2 Å². The second-order valence-electron chi connectivity index (χ2n) is 6.91. The summed E-state index contributed by atoms with van der Waals surface area (Å²) in [4.78, 5) is 0. The predicted octanol–water partition coefficient (Wildman–Crippen LogP) is 6.83. The van der Waals surface area contributed by atoms with Crippen molar-refractivity contribution in [2.75, 3.05) is 13.7 Å². The summed E-state index contributed by atoms with van der Waals surface area (Å²) in [5, 5.41) is 0. The quantitative estimate of drug-likeness (QED) is 0.345. The summed E-state index contributed by atoms with van der Waals surface area (Å²) in [6.45, 7) is 2.84. The van der Waals surface area contributed by atoms with E-state index in [-0.39, 0.29) is 17.9 Å². The lowest BCUT2D eigenvalue weighted by atomic mass is 9.85. The fourth-order valence-electron chi connectivity index (χ4n) is 2.56. The minimum Gasteiger partial charge on any atom is -0.494 e. The number of halogens is 11. The molecule has 2 nitrogen and oxygen atoms in total. The zero-order chi connectivity index (χ0) is 24.5. The zero-order valence-corrected chi connectivity index (χ0v) is 16.4. The van der Waals surface area contributed by atoms with Gasteiger partial charge in [0.2, 0.25) is 0 Å². The Balaban J connectivity index is 3.32. The summed E-state index contributed by atoms with van der Waals surface area (Å²) in [7, 11) is 0.748. The summed E-state index contributed by atoms with van der Waals surface area (Å²) in [6, 6.07) is 4.60. The van der Waals surface area contributed by atoms with Crippen LogP contribution >= 0.6 is 0 Å². The molecule has 0 saturated carbocycles. The molecular formula is C18H19F11O2. The molecule has 0 amide bonds. The van der Waals surface area contributed by atoms with Crippen LogP contribution in [0, 0.1) is 0 Å². The topological polar surface area (TPSA) is 18.5 Å². The summed E-state index contributed by atoms with van der Waals surface area (Å²) in [5.74, 6) is -27.7. The van der Waals surface area contributed by atoms with Crippen LogP contribution in [0.25, 0.3) is 0 Å². The van der Waals surface area contributed by atoms with Crippen molar-refractivity contribution in [3.8, 4) is 5.75 Å². The second-order valence-corrected chi connectivity index (χ2v) is 6.91. The van der Waals surface area contributed by atoms with Crippen LogP contribution < -0.4 is 4.74 Å². The largest absolute Gasteiger partial charge is 0.494 e. The fourth-order valence-corrected chi connectivity index (χ4v) is 2.56. The third-order valence-corrected chi connectivity index (χ3v) is 4.55. The smallest absolute Gasteiger partial charge is 0.460 e. The molecule has 0 aliphatic carbocycles. The molecule has 1 aromatic carbocycles. The van der Waals surface area contributed by atoms with E-state index in [1.807, 2.05) is 0 Å². The molecule has 0 bridgehead atoms. The molecule has 1 atom stereocenters. The first-order chi connectivity index (χ1) is 13.8. The van der Waals surface area contributed by atoms with Crippen molar-refractivity contribution in [1.29, 1.82) is 0 Å².